The van der Waals surface area contributed by atoms with E-state index in [0.29, 0.717) is 6.42 Å². The predicted octanol–water partition coefficient (Wildman–Crippen LogP) is 4.26. The molecule has 0 unspecified atom stereocenters. The number of hydrogen-bond acceptors (Lipinski definition) is 4. The van der Waals surface area contributed by atoms with Gasteiger partial charge in [-0.05, 0) is 44.4 Å². The van der Waals surface area contributed by atoms with Gasteiger partial charge in [-0.1, -0.05) is 6.07 Å². The Labute approximate surface area is 179 Å². The zero-order chi connectivity index (χ0) is 22.3. The van der Waals surface area contributed by atoms with Crippen molar-refractivity contribution >= 4 is 10.9 Å². The molecule has 4 rings (SSSR count). The lowest BCUT2D eigenvalue weighted by atomic mass is 9.82. The van der Waals surface area contributed by atoms with Gasteiger partial charge >= 0.3 is 0 Å². The second-order valence-electron chi connectivity index (χ2n) is 8.75. The summed E-state index contributed by atoms with van der Waals surface area (Å²) in [5.74, 6) is -1.38. The number of aromatic amines is 1. The van der Waals surface area contributed by atoms with Crippen molar-refractivity contribution in [1.82, 2.24) is 15.1 Å². The molecule has 0 aliphatic carbocycles. The number of ether oxygens (including phenoxy) is 1. The third-order valence-electron chi connectivity index (χ3n) is 5.74. The van der Waals surface area contributed by atoms with Gasteiger partial charge in [0.25, 0.3) is 0 Å². The fourth-order valence-electron chi connectivity index (χ4n) is 4.51. The van der Waals surface area contributed by atoms with Gasteiger partial charge in [-0.25, -0.2) is 13.2 Å². The van der Waals surface area contributed by atoms with Crippen LogP contribution < -0.4 is 10.5 Å². The van der Waals surface area contributed by atoms with Crippen molar-refractivity contribution in [3.05, 3.63) is 58.8 Å². The molecule has 1 aliphatic heterocycles. The highest BCUT2D eigenvalue weighted by Gasteiger charge is 2.40. The van der Waals surface area contributed by atoms with Crippen LogP contribution in [0.25, 0.3) is 10.9 Å². The fourth-order valence-corrected chi connectivity index (χ4v) is 4.51. The molecule has 5 nitrogen and oxygen atoms in total. The van der Waals surface area contributed by atoms with Gasteiger partial charge in [-0.3, -0.25) is 10.00 Å². The van der Waals surface area contributed by atoms with Gasteiger partial charge in [0.1, 0.15) is 29.7 Å². The maximum absolute atomic E-state index is 15.3. The first-order valence-corrected chi connectivity index (χ1v) is 10.4. The number of rotatable bonds is 6. The first-order chi connectivity index (χ1) is 14.7. The van der Waals surface area contributed by atoms with E-state index in [9.17, 15) is 4.39 Å². The average Bonchev–Trinajstić information content (AvgIpc) is 3.16. The highest BCUT2D eigenvalue weighted by atomic mass is 19.1. The second-order valence-corrected chi connectivity index (χ2v) is 8.75. The highest BCUT2D eigenvalue weighted by Crippen LogP contribution is 2.43. The molecule has 0 bridgehead atoms. The lowest BCUT2D eigenvalue weighted by molar-refractivity contribution is 0.0655. The zero-order valence-electron chi connectivity index (χ0n) is 17.9. The molecule has 0 spiro atoms. The Morgan fingerprint density at radius 2 is 1.97 bits per heavy atom. The van der Waals surface area contributed by atoms with Gasteiger partial charge in [0.2, 0.25) is 0 Å². The zero-order valence-corrected chi connectivity index (χ0v) is 17.9. The number of fused-ring (bicyclic) bond motifs is 3. The third-order valence-corrected chi connectivity index (χ3v) is 5.74. The first-order valence-electron chi connectivity index (χ1n) is 10.4. The van der Waals surface area contributed by atoms with Crippen LogP contribution in [-0.2, 0) is 6.42 Å². The number of nitrogens with one attached hydrogen (secondary N) is 1. The minimum absolute atomic E-state index is 0.0337. The van der Waals surface area contributed by atoms with Crippen molar-refractivity contribution in [2.24, 2.45) is 5.73 Å². The van der Waals surface area contributed by atoms with Crippen molar-refractivity contribution in [3.8, 4) is 5.75 Å². The largest absolute Gasteiger partial charge is 0.492 e. The molecule has 0 saturated heterocycles. The Morgan fingerprint density at radius 3 is 2.61 bits per heavy atom. The average molecular weight is 432 g/mol. The molecule has 0 fully saturated rings. The first kappa shape index (κ1) is 21.6. The van der Waals surface area contributed by atoms with Crippen LogP contribution in [0, 0.1) is 11.6 Å². The molecule has 3 aromatic rings. The SMILES string of the molecule is C[C@@H]1Cc2c(ccc3[nH]ncc23)[C@@H](c2c(F)cc(OCCN)cc2F)N1CC(C)(C)F. The van der Waals surface area contributed by atoms with Crippen LogP contribution in [0.2, 0.25) is 0 Å². The maximum atomic E-state index is 15.3. The summed E-state index contributed by atoms with van der Waals surface area (Å²) in [5.41, 5.74) is 6.35. The smallest absolute Gasteiger partial charge is 0.134 e. The molecule has 1 aromatic heterocycles. The molecule has 3 N–H and O–H groups in total. The molecular weight excluding hydrogens is 405 g/mol. The summed E-state index contributed by atoms with van der Waals surface area (Å²) in [6.07, 6.45) is 2.35. The van der Waals surface area contributed by atoms with Crippen LogP contribution in [0.3, 0.4) is 0 Å². The van der Waals surface area contributed by atoms with Crippen LogP contribution >= 0.6 is 0 Å². The van der Waals surface area contributed by atoms with E-state index in [2.05, 4.69) is 10.2 Å². The summed E-state index contributed by atoms with van der Waals surface area (Å²) in [5, 5.41) is 7.97. The van der Waals surface area contributed by atoms with Crippen LogP contribution in [-0.4, -0.2) is 46.5 Å². The van der Waals surface area contributed by atoms with E-state index in [-0.39, 0.29) is 37.1 Å². The van der Waals surface area contributed by atoms with E-state index < -0.39 is 23.3 Å². The number of hydrogen-bond donors (Lipinski definition) is 2. The Bertz CT molecular complexity index is 1070. The Morgan fingerprint density at radius 1 is 1.26 bits per heavy atom. The standard InChI is InChI=1S/C23H27F3N4O/c1-13-8-16-15(4-5-20-17(16)11-28-29-20)22(30(13)12-23(2,3)26)21-18(24)9-14(10-19(21)25)31-7-6-27/h4-5,9-11,13,22H,6-8,12,27H2,1-3H3,(H,28,29)/t13-,22+/m1/s1. The number of H-pyrrole nitrogens is 1. The topological polar surface area (TPSA) is 67.2 Å². The van der Waals surface area contributed by atoms with Crippen molar-refractivity contribution in [1.29, 1.82) is 0 Å². The summed E-state index contributed by atoms with van der Waals surface area (Å²) in [4.78, 5) is 1.84. The van der Waals surface area contributed by atoms with Crippen molar-refractivity contribution in [2.45, 2.75) is 44.9 Å². The van der Waals surface area contributed by atoms with Crippen molar-refractivity contribution in [3.63, 3.8) is 0 Å². The molecular formula is C23H27F3N4O. The Hall–Kier alpha value is -2.58. The van der Waals surface area contributed by atoms with E-state index in [1.807, 2.05) is 24.0 Å². The predicted molar refractivity (Wildman–Crippen MR) is 114 cm³/mol. The molecule has 0 radical (unpaired) electrons. The summed E-state index contributed by atoms with van der Waals surface area (Å²) in [7, 11) is 0. The molecule has 0 saturated carbocycles. The van der Waals surface area contributed by atoms with Gasteiger partial charge in [0.05, 0.1) is 17.8 Å². The monoisotopic (exact) mass is 432 g/mol. The molecule has 166 valence electrons. The number of benzene rings is 2. The van der Waals surface area contributed by atoms with E-state index in [1.54, 1.807) is 6.20 Å². The lowest BCUT2D eigenvalue weighted by Crippen LogP contribution is -2.48. The van der Waals surface area contributed by atoms with Gasteiger partial charge in [0, 0.05) is 42.2 Å². The quantitative estimate of drug-likeness (QED) is 0.611. The van der Waals surface area contributed by atoms with Gasteiger partial charge in [-0.2, -0.15) is 5.10 Å². The number of nitrogens with zero attached hydrogens (tertiary/aromatic N) is 2. The fraction of sp³-hybridized carbons (Fsp3) is 0.435. The van der Waals surface area contributed by atoms with Gasteiger partial charge in [-0.15, -0.1) is 0 Å². The molecule has 0 amide bonds. The summed E-state index contributed by atoms with van der Waals surface area (Å²) in [6, 6.07) is 5.11. The number of alkyl halides is 1. The molecule has 31 heavy (non-hydrogen) atoms. The van der Waals surface area contributed by atoms with Gasteiger partial charge < -0.3 is 10.5 Å². The second kappa shape index (κ2) is 8.16. The summed E-state index contributed by atoms with van der Waals surface area (Å²) >= 11 is 0. The molecule has 8 heteroatoms. The Balaban J connectivity index is 1.89. The van der Waals surface area contributed by atoms with Gasteiger partial charge in [0.15, 0.2) is 0 Å². The third kappa shape index (κ3) is 4.14. The summed E-state index contributed by atoms with van der Waals surface area (Å²) < 4.78 is 50.7. The minimum atomic E-state index is -1.54. The summed E-state index contributed by atoms with van der Waals surface area (Å²) in [6.45, 7) is 5.33. The van der Waals surface area contributed by atoms with E-state index in [1.165, 1.54) is 26.0 Å². The maximum Gasteiger partial charge on any atom is 0.134 e. The van der Waals surface area contributed by atoms with Crippen LogP contribution in [0.4, 0.5) is 13.2 Å². The van der Waals surface area contributed by atoms with Crippen LogP contribution in [0.1, 0.15) is 43.5 Å². The number of halogens is 3. The van der Waals surface area contributed by atoms with E-state index >= 15 is 8.78 Å². The van der Waals surface area contributed by atoms with Crippen LogP contribution in [0.5, 0.6) is 5.75 Å². The lowest BCUT2D eigenvalue weighted by Gasteiger charge is -2.44. The van der Waals surface area contributed by atoms with Crippen molar-refractivity contribution < 1.29 is 17.9 Å². The molecule has 2 heterocycles. The highest BCUT2D eigenvalue weighted by molar-refractivity contribution is 5.83. The Kier molecular flexibility index (Phi) is 5.70. The van der Waals surface area contributed by atoms with E-state index in [0.717, 1.165) is 22.0 Å². The number of nitrogens with two attached hydrogens (primary N) is 1. The van der Waals surface area contributed by atoms with E-state index in [4.69, 9.17) is 10.5 Å². The minimum Gasteiger partial charge on any atom is -0.492 e. The van der Waals surface area contributed by atoms with Crippen LogP contribution in [0.15, 0.2) is 30.5 Å². The normalized spacial score (nSPS) is 19.6. The molecule has 2 aromatic carbocycles. The molecule has 1 aliphatic rings. The van der Waals surface area contributed by atoms with Crippen molar-refractivity contribution in [2.75, 3.05) is 19.7 Å². The molecule has 2 atom stereocenters. The number of aromatic nitrogens is 2.